The van der Waals surface area contributed by atoms with Crippen LogP contribution in [0.4, 0.5) is 5.69 Å². The van der Waals surface area contributed by atoms with Crippen LogP contribution in [0.1, 0.15) is 21.5 Å². The molecule has 0 aliphatic carbocycles. The molecule has 0 amide bonds. The molecule has 0 fully saturated rings. The second-order valence-electron chi connectivity index (χ2n) is 4.50. The van der Waals surface area contributed by atoms with Gasteiger partial charge in [0.1, 0.15) is 0 Å². The van der Waals surface area contributed by atoms with E-state index in [9.17, 15) is 14.9 Å². The molecule has 0 aromatic heterocycles. The first-order valence-corrected chi connectivity index (χ1v) is 7.16. The molecule has 2 aromatic carbocycles. The Bertz CT molecular complexity index is 700. The Morgan fingerprint density at radius 2 is 2.05 bits per heavy atom. The van der Waals surface area contributed by atoms with Crippen LogP contribution in [0.15, 0.2) is 47.4 Å². The Hall–Kier alpha value is -2.34. The number of rotatable bonds is 5. The largest absolute Gasteiger partial charge is 0.478 e. The number of hydrogen-bond acceptors (Lipinski definition) is 4. The molecule has 5 nitrogen and oxygen atoms in total. The summed E-state index contributed by atoms with van der Waals surface area (Å²) in [6.45, 7) is 1.75. The van der Waals surface area contributed by atoms with Crippen LogP contribution in [0.2, 0.25) is 0 Å². The molecule has 6 heteroatoms. The number of thioether (sulfide) groups is 1. The summed E-state index contributed by atoms with van der Waals surface area (Å²) in [5.41, 5.74) is 1.87. The molecule has 0 aliphatic heterocycles. The molecule has 0 saturated heterocycles. The lowest BCUT2D eigenvalue weighted by Crippen LogP contribution is -1.99. The average molecular weight is 303 g/mol. The standard InChI is InChI=1S/C15H13NO4S/c1-10-5-6-13(8-14(10)15(17)18)21-9-11-3-2-4-12(7-11)16(19)20/h2-8H,9H2,1H3,(H,17,18). The molecule has 0 aliphatic rings. The quantitative estimate of drug-likeness (QED) is 0.515. The number of aromatic carboxylic acids is 1. The molecule has 0 unspecified atom stereocenters. The zero-order valence-corrected chi connectivity index (χ0v) is 12.1. The monoisotopic (exact) mass is 303 g/mol. The number of carboxylic acid groups (broad SMARTS) is 1. The van der Waals surface area contributed by atoms with Gasteiger partial charge in [-0.25, -0.2) is 4.79 Å². The zero-order valence-electron chi connectivity index (χ0n) is 11.3. The first-order chi connectivity index (χ1) is 9.97. The molecular formula is C15H13NO4S. The Morgan fingerprint density at radius 3 is 2.71 bits per heavy atom. The van der Waals surface area contributed by atoms with Crippen LogP contribution in [-0.4, -0.2) is 16.0 Å². The van der Waals surface area contributed by atoms with E-state index in [4.69, 9.17) is 5.11 Å². The van der Waals surface area contributed by atoms with E-state index in [2.05, 4.69) is 0 Å². The summed E-state index contributed by atoms with van der Waals surface area (Å²) in [6.07, 6.45) is 0. The van der Waals surface area contributed by atoms with E-state index in [1.165, 1.54) is 23.9 Å². The van der Waals surface area contributed by atoms with Crippen molar-refractivity contribution in [3.63, 3.8) is 0 Å². The molecule has 0 atom stereocenters. The minimum atomic E-state index is -0.953. The fraction of sp³-hybridized carbons (Fsp3) is 0.133. The molecule has 0 heterocycles. The van der Waals surface area contributed by atoms with Gasteiger partial charge >= 0.3 is 5.97 Å². The third-order valence-corrected chi connectivity index (χ3v) is 4.03. The van der Waals surface area contributed by atoms with E-state index < -0.39 is 10.9 Å². The summed E-state index contributed by atoms with van der Waals surface area (Å²) in [5.74, 6) is -0.408. The molecule has 0 radical (unpaired) electrons. The Morgan fingerprint density at radius 1 is 1.29 bits per heavy atom. The van der Waals surface area contributed by atoms with Crippen molar-refractivity contribution in [1.82, 2.24) is 0 Å². The smallest absolute Gasteiger partial charge is 0.335 e. The van der Waals surface area contributed by atoms with Crippen molar-refractivity contribution < 1.29 is 14.8 Å². The maximum atomic E-state index is 11.1. The van der Waals surface area contributed by atoms with Crippen molar-refractivity contribution in [2.24, 2.45) is 0 Å². The zero-order chi connectivity index (χ0) is 15.4. The number of nitro benzene ring substituents is 1. The summed E-state index contributed by atoms with van der Waals surface area (Å²) in [5, 5.41) is 19.8. The number of nitro groups is 1. The summed E-state index contributed by atoms with van der Waals surface area (Å²) in [7, 11) is 0. The maximum absolute atomic E-state index is 11.1. The Labute approximate surface area is 125 Å². The van der Waals surface area contributed by atoms with Gasteiger partial charge in [0.2, 0.25) is 0 Å². The first-order valence-electron chi connectivity index (χ1n) is 6.17. The molecule has 21 heavy (non-hydrogen) atoms. The molecule has 2 rings (SSSR count). The third-order valence-electron chi connectivity index (χ3n) is 2.97. The Kier molecular flexibility index (Phi) is 4.59. The van der Waals surface area contributed by atoms with Gasteiger partial charge in [0.15, 0.2) is 0 Å². The summed E-state index contributed by atoms with van der Waals surface area (Å²) >= 11 is 1.45. The van der Waals surface area contributed by atoms with Gasteiger partial charge in [0.05, 0.1) is 10.5 Å². The van der Waals surface area contributed by atoms with Gasteiger partial charge < -0.3 is 5.11 Å². The fourth-order valence-corrected chi connectivity index (χ4v) is 2.73. The van der Waals surface area contributed by atoms with E-state index in [1.54, 1.807) is 25.1 Å². The summed E-state index contributed by atoms with van der Waals surface area (Å²) in [6, 6.07) is 11.7. The second kappa shape index (κ2) is 6.41. The van der Waals surface area contributed by atoms with Gasteiger partial charge in [-0.2, -0.15) is 0 Å². The van der Waals surface area contributed by atoms with Crippen LogP contribution < -0.4 is 0 Å². The van der Waals surface area contributed by atoms with Gasteiger partial charge in [0, 0.05) is 22.8 Å². The van der Waals surface area contributed by atoms with Crippen LogP contribution >= 0.6 is 11.8 Å². The lowest BCUT2D eigenvalue weighted by Gasteiger charge is -2.05. The van der Waals surface area contributed by atoms with Crippen molar-refractivity contribution in [2.75, 3.05) is 0 Å². The number of benzene rings is 2. The highest BCUT2D eigenvalue weighted by atomic mass is 32.2. The van der Waals surface area contributed by atoms with Crippen LogP contribution in [0.5, 0.6) is 0 Å². The number of non-ortho nitro benzene ring substituents is 1. The Balaban J connectivity index is 2.13. The lowest BCUT2D eigenvalue weighted by atomic mass is 10.1. The SMILES string of the molecule is Cc1ccc(SCc2cccc([N+](=O)[O-])c2)cc1C(=O)O. The highest BCUT2D eigenvalue weighted by Crippen LogP contribution is 2.26. The topological polar surface area (TPSA) is 80.4 Å². The van der Waals surface area contributed by atoms with E-state index in [0.717, 1.165) is 10.5 Å². The van der Waals surface area contributed by atoms with E-state index in [1.807, 2.05) is 12.1 Å². The van der Waals surface area contributed by atoms with E-state index >= 15 is 0 Å². The van der Waals surface area contributed by atoms with Gasteiger partial charge in [-0.05, 0) is 30.2 Å². The van der Waals surface area contributed by atoms with Crippen molar-refractivity contribution in [3.8, 4) is 0 Å². The van der Waals surface area contributed by atoms with Crippen LogP contribution in [0, 0.1) is 17.0 Å². The minimum absolute atomic E-state index is 0.0585. The molecule has 0 bridgehead atoms. The van der Waals surface area contributed by atoms with Gasteiger partial charge in [-0.1, -0.05) is 18.2 Å². The maximum Gasteiger partial charge on any atom is 0.335 e. The van der Waals surface area contributed by atoms with Crippen molar-refractivity contribution >= 4 is 23.4 Å². The van der Waals surface area contributed by atoms with Crippen LogP contribution in [-0.2, 0) is 5.75 Å². The van der Waals surface area contributed by atoms with E-state index in [0.29, 0.717) is 11.3 Å². The van der Waals surface area contributed by atoms with Crippen LogP contribution in [0.3, 0.4) is 0 Å². The predicted molar refractivity (Wildman–Crippen MR) is 80.8 cm³/mol. The van der Waals surface area contributed by atoms with Crippen molar-refractivity contribution in [1.29, 1.82) is 0 Å². The highest BCUT2D eigenvalue weighted by Gasteiger charge is 2.09. The number of hydrogen-bond donors (Lipinski definition) is 1. The minimum Gasteiger partial charge on any atom is -0.478 e. The summed E-state index contributed by atoms with van der Waals surface area (Å²) < 4.78 is 0. The predicted octanol–water partition coefficient (Wildman–Crippen LogP) is 3.89. The van der Waals surface area contributed by atoms with Crippen LogP contribution in [0.25, 0.3) is 0 Å². The average Bonchev–Trinajstić information content (AvgIpc) is 2.46. The third kappa shape index (κ3) is 3.82. The first kappa shape index (κ1) is 15.1. The van der Waals surface area contributed by atoms with E-state index in [-0.39, 0.29) is 11.3 Å². The number of nitrogens with zero attached hydrogens (tertiary/aromatic N) is 1. The molecule has 108 valence electrons. The molecule has 1 N–H and O–H groups in total. The number of aryl methyl sites for hydroxylation is 1. The summed E-state index contributed by atoms with van der Waals surface area (Å²) in [4.78, 5) is 22.2. The van der Waals surface area contributed by atoms with Crippen molar-refractivity contribution in [2.45, 2.75) is 17.6 Å². The number of carboxylic acids is 1. The fourth-order valence-electron chi connectivity index (χ4n) is 1.85. The highest BCUT2D eigenvalue weighted by molar-refractivity contribution is 7.98. The molecule has 0 spiro atoms. The van der Waals surface area contributed by atoms with Gasteiger partial charge in [0.25, 0.3) is 5.69 Å². The van der Waals surface area contributed by atoms with Gasteiger partial charge in [-0.15, -0.1) is 11.8 Å². The normalized spacial score (nSPS) is 10.3. The second-order valence-corrected chi connectivity index (χ2v) is 5.55. The molecular weight excluding hydrogens is 290 g/mol. The lowest BCUT2D eigenvalue weighted by molar-refractivity contribution is -0.384. The van der Waals surface area contributed by atoms with Gasteiger partial charge in [-0.3, -0.25) is 10.1 Å². The van der Waals surface area contributed by atoms with Crippen molar-refractivity contribution in [3.05, 3.63) is 69.3 Å². The molecule has 2 aromatic rings. The number of carbonyl (C=O) groups is 1. The molecule has 0 saturated carbocycles.